The van der Waals surface area contributed by atoms with E-state index in [1.807, 2.05) is 6.08 Å². The van der Waals surface area contributed by atoms with E-state index in [0.717, 1.165) is 6.42 Å². The van der Waals surface area contributed by atoms with E-state index in [-0.39, 0.29) is 36.5 Å². The fourth-order valence-corrected chi connectivity index (χ4v) is 11.6. The normalized spacial score (nSPS) is 28.2. The van der Waals surface area contributed by atoms with Gasteiger partial charge in [-0.15, -0.1) is 0 Å². The van der Waals surface area contributed by atoms with Crippen molar-refractivity contribution in [2.45, 2.75) is 193 Å². The third-order valence-electron chi connectivity index (χ3n) is 15.2. The van der Waals surface area contributed by atoms with E-state index in [0.29, 0.717) is 32.1 Å². The molecule has 0 aromatic carbocycles. The smallest absolute Gasteiger partial charge is 0.426 e. The fourth-order valence-electron chi connectivity index (χ4n) is 11.6. The molecule has 10 nitrogen and oxygen atoms in total. The molecular formula is C49H53F27O10. The van der Waals surface area contributed by atoms with Gasteiger partial charge in [0.1, 0.15) is 34.0 Å². The molecule has 86 heavy (non-hydrogen) atoms. The maximum absolute atomic E-state index is 13.2. The minimum absolute atomic E-state index is 0.0608. The Hall–Kier alpha value is -4.68. The summed E-state index contributed by atoms with van der Waals surface area (Å²) in [6.45, 7) is 12.0. The van der Waals surface area contributed by atoms with Crippen LogP contribution in [0, 0.1) is 41.4 Å². The first kappa shape index (κ1) is 75.6. The van der Waals surface area contributed by atoms with Crippen molar-refractivity contribution < 1.29 is 168 Å². The van der Waals surface area contributed by atoms with Crippen molar-refractivity contribution in [2.75, 3.05) is 0 Å². The second kappa shape index (κ2) is 24.3. The molecule has 6 fully saturated rings. The lowest BCUT2D eigenvalue weighted by atomic mass is 9.52. The summed E-state index contributed by atoms with van der Waals surface area (Å²) in [5.41, 5.74) is -24.7. The van der Waals surface area contributed by atoms with Gasteiger partial charge in [0.25, 0.3) is 16.8 Å². The van der Waals surface area contributed by atoms with Gasteiger partial charge in [-0.05, 0) is 121 Å². The predicted octanol–water partition coefficient (Wildman–Crippen LogP) is 13.8. The molecule has 0 amide bonds. The Bertz CT molecular complexity index is 2400. The maximum atomic E-state index is 13.2. The fraction of sp³-hybridized carbons (Fsp3) is 0.776. The van der Waals surface area contributed by atoms with E-state index in [1.54, 1.807) is 6.08 Å². The highest BCUT2D eigenvalue weighted by molar-refractivity contribution is 5.90. The molecule has 498 valence electrons. The summed E-state index contributed by atoms with van der Waals surface area (Å²) >= 11 is 0. The number of halogens is 27. The molecule has 0 aromatic rings. The lowest BCUT2D eigenvalue weighted by Crippen LogP contribution is -2.67. The summed E-state index contributed by atoms with van der Waals surface area (Å²) in [4.78, 5) is 33.9. The van der Waals surface area contributed by atoms with E-state index in [1.165, 1.54) is 20.8 Å². The van der Waals surface area contributed by atoms with Crippen LogP contribution >= 0.6 is 0 Å². The Morgan fingerprint density at radius 2 is 0.860 bits per heavy atom. The van der Waals surface area contributed by atoms with Crippen molar-refractivity contribution >= 4 is 17.9 Å². The number of alkyl halides is 27. The molecule has 7 atom stereocenters. The van der Waals surface area contributed by atoms with Crippen molar-refractivity contribution in [1.29, 1.82) is 0 Å². The average molecular weight is 1310 g/mol. The monoisotopic (exact) mass is 1310 g/mol. The third kappa shape index (κ3) is 17.0. The third-order valence-corrected chi connectivity index (χ3v) is 15.2. The number of hydrogen-bond acceptors (Lipinski definition) is 10. The van der Waals surface area contributed by atoms with Gasteiger partial charge in [-0.1, -0.05) is 31.9 Å². The molecule has 6 saturated carbocycles. The van der Waals surface area contributed by atoms with Crippen molar-refractivity contribution in [2.24, 2.45) is 41.4 Å². The van der Waals surface area contributed by atoms with Gasteiger partial charge in [-0.3, -0.25) is 0 Å². The lowest BCUT2D eigenvalue weighted by molar-refractivity contribution is -0.405. The number of aliphatic hydroxyl groups is 4. The Kier molecular flexibility index (Phi) is 21.3. The summed E-state index contributed by atoms with van der Waals surface area (Å²) in [5, 5.41) is 38.5. The van der Waals surface area contributed by atoms with Gasteiger partial charge in [0.2, 0.25) is 0 Å². The first-order chi connectivity index (χ1) is 37.8. The zero-order valence-corrected chi connectivity index (χ0v) is 44.3. The molecule has 0 heterocycles. The van der Waals surface area contributed by atoms with Gasteiger partial charge in [0.05, 0.1) is 5.60 Å². The lowest BCUT2D eigenvalue weighted by Gasteiger charge is -2.59. The molecule has 0 aromatic heterocycles. The van der Waals surface area contributed by atoms with E-state index >= 15 is 0 Å². The Morgan fingerprint density at radius 1 is 0.488 bits per heavy atom. The molecular weight excluding hydrogens is 1260 g/mol. The standard InChI is InChI=1S/C16H13F15O4.C14H17F3O3.C11H12F6O.C8H11F3O2/c1-5(12(17,18)19)9(32)35-8-3-6(10(33,13(20,21)22)14(23,24)25)2-7(4-8)11(34,15(26,27)28)16(29,30)31;1-8(14(15,16)17)11(18)20-13-5-9-2-10(6-13)4-12(19,3-9)7-13;12-10(13,14)9(18,11(15,16)17)5-8-4-6-1-2-7(8)3-6;1-5(8(9,10)11)6(12)13-7(2,3)4/h6-8,33-34H,1-4H2;9-10,19H,1-7H2;1-2,6-8,18H,3-5H2;1H2,2-4H3. The molecule has 7 unspecified atom stereocenters. The number of fused-ring (bicyclic) bond motifs is 2. The van der Waals surface area contributed by atoms with Crippen LogP contribution in [-0.4, -0.2) is 134 Å². The number of carbonyl (C=O) groups is 3. The van der Waals surface area contributed by atoms with Crippen LogP contribution in [0.15, 0.2) is 48.6 Å². The van der Waals surface area contributed by atoms with Crippen LogP contribution in [-0.2, 0) is 28.6 Å². The van der Waals surface area contributed by atoms with Gasteiger partial charge in [0, 0.05) is 18.3 Å². The number of ether oxygens (including phenoxy) is 3. The zero-order valence-electron chi connectivity index (χ0n) is 44.3. The van der Waals surface area contributed by atoms with E-state index in [2.05, 4.69) is 29.2 Å². The van der Waals surface area contributed by atoms with Gasteiger partial charge in [-0.2, -0.15) is 119 Å². The zero-order chi connectivity index (χ0) is 67.6. The van der Waals surface area contributed by atoms with Crippen LogP contribution in [0.25, 0.3) is 0 Å². The molecule has 4 N–H and O–H groups in total. The van der Waals surface area contributed by atoms with Crippen molar-refractivity contribution in [3.8, 4) is 0 Å². The number of esters is 3. The summed E-state index contributed by atoms with van der Waals surface area (Å²) in [6, 6.07) is 0. The summed E-state index contributed by atoms with van der Waals surface area (Å²) < 4.78 is 358. The predicted molar refractivity (Wildman–Crippen MR) is 235 cm³/mol. The first-order valence-electron chi connectivity index (χ1n) is 24.8. The molecule has 37 heteroatoms. The molecule has 7 aliphatic carbocycles. The van der Waals surface area contributed by atoms with Crippen LogP contribution in [0.1, 0.15) is 97.8 Å². The summed E-state index contributed by atoms with van der Waals surface area (Å²) in [5.74, 6) is -13.3. The molecule has 0 spiro atoms. The highest BCUT2D eigenvalue weighted by Crippen LogP contribution is 2.61. The Labute approximate surface area is 468 Å². The van der Waals surface area contributed by atoms with Gasteiger partial charge < -0.3 is 34.6 Å². The molecule has 7 aliphatic rings. The van der Waals surface area contributed by atoms with Crippen LogP contribution < -0.4 is 0 Å². The number of carbonyl (C=O) groups excluding carboxylic acids is 3. The first-order valence-corrected chi connectivity index (χ1v) is 24.8. The van der Waals surface area contributed by atoms with Crippen molar-refractivity contribution in [1.82, 2.24) is 0 Å². The van der Waals surface area contributed by atoms with Crippen LogP contribution in [0.4, 0.5) is 119 Å². The number of rotatable bonds is 9. The molecule has 7 rings (SSSR count). The second-order valence-electron chi connectivity index (χ2n) is 22.9. The van der Waals surface area contributed by atoms with Crippen LogP contribution in [0.5, 0.6) is 0 Å². The van der Waals surface area contributed by atoms with Gasteiger partial charge in [0.15, 0.2) is 0 Å². The van der Waals surface area contributed by atoms with Gasteiger partial charge in [-0.25, -0.2) is 14.4 Å². The molecule has 0 aliphatic heterocycles. The summed E-state index contributed by atoms with van der Waals surface area (Å²) in [7, 11) is 0. The highest BCUT2D eigenvalue weighted by Gasteiger charge is 2.79. The summed E-state index contributed by atoms with van der Waals surface area (Å²) in [6.07, 6.45) is -56.2. The average Bonchev–Trinajstić information content (AvgIpc) is 0.878. The quantitative estimate of drug-likeness (QED) is 0.0575. The topological polar surface area (TPSA) is 160 Å². The van der Waals surface area contributed by atoms with E-state index in [9.17, 15) is 148 Å². The molecule has 0 saturated heterocycles. The minimum Gasteiger partial charge on any atom is -0.459 e. The van der Waals surface area contributed by atoms with E-state index < -0.39 is 173 Å². The second-order valence-corrected chi connectivity index (χ2v) is 22.9. The number of hydrogen-bond donors (Lipinski definition) is 4. The highest BCUT2D eigenvalue weighted by atomic mass is 19.5. The van der Waals surface area contributed by atoms with E-state index in [4.69, 9.17) is 9.84 Å². The Morgan fingerprint density at radius 3 is 1.16 bits per heavy atom. The van der Waals surface area contributed by atoms with Crippen LogP contribution in [0.3, 0.4) is 0 Å². The van der Waals surface area contributed by atoms with Crippen molar-refractivity contribution in [3.63, 3.8) is 0 Å². The molecule has 6 bridgehead atoms. The Balaban J connectivity index is 0.000000322. The largest absolute Gasteiger partial charge is 0.459 e. The SMILES string of the molecule is C=C(C(=O)OC(C)(C)C)C(F)(F)F.C=C(C(=O)OC12CC3CC(CC(O)(C3)C1)C2)C(F)(F)F.C=C(C(=O)OC1CC(C(O)(C(F)(F)F)C(F)(F)F)CC(C(O)(C(F)(F)F)C(F)(F)F)C1)C(F)(F)F.OC(CC1CC2C=CC1C2)(C(F)(F)F)C(F)(F)F. The van der Waals surface area contributed by atoms with Crippen molar-refractivity contribution in [3.05, 3.63) is 48.6 Å². The van der Waals surface area contributed by atoms with Crippen LogP contribution in [0.2, 0.25) is 0 Å². The number of allylic oxidation sites excluding steroid dienone is 2. The minimum atomic E-state index is -6.78. The molecule has 0 radical (unpaired) electrons. The van der Waals surface area contributed by atoms with Gasteiger partial charge >= 0.3 is 73.5 Å². The maximum Gasteiger partial charge on any atom is 0.426 e.